The van der Waals surface area contributed by atoms with Gasteiger partial charge in [0.05, 0.1) is 0 Å². The molecule has 18 heavy (non-hydrogen) atoms. The molecule has 1 aromatic carbocycles. The van der Waals surface area contributed by atoms with Crippen LogP contribution in [0.15, 0.2) is 24.3 Å². The van der Waals surface area contributed by atoms with Crippen LogP contribution in [-0.4, -0.2) is 20.1 Å². The van der Waals surface area contributed by atoms with Crippen molar-refractivity contribution in [3.63, 3.8) is 0 Å². The third kappa shape index (κ3) is 5.09. The van der Waals surface area contributed by atoms with Crippen molar-refractivity contribution in [3.05, 3.63) is 29.8 Å². The molecule has 102 valence electrons. The lowest BCUT2D eigenvalue weighted by atomic mass is 10.1. The van der Waals surface area contributed by atoms with Crippen LogP contribution in [0, 0.1) is 11.8 Å². The zero-order valence-corrected chi connectivity index (χ0v) is 12.5. The molecule has 0 aliphatic rings. The van der Waals surface area contributed by atoms with Crippen LogP contribution in [0.2, 0.25) is 0 Å². The van der Waals surface area contributed by atoms with Crippen LogP contribution in [0.25, 0.3) is 0 Å². The quantitative estimate of drug-likeness (QED) is 0.794. The van der Waals surface area contributed by atoms with Crippen LogP contribution in [0.4, 0.5) is 5.69 Å². The molecule has 0 amide bonds. The Hall–Kier alpha value is -1.02. The first kappa shape index (κ1) is 15.0. The third-order valence-electron chi connectivity index (χ3n) is 2.91. The SMILES string of the molecule is CC(C)CNCc1ccccc1N(C)CC(C)C. The number of hydrogen-bond donors (Lipinski definition) is 1. The molecular weight excluding hydrogens is 220 g/mol. The number of hydrogen-bond acceptors (Lipinski definition) is 2. The topological polar surface area (TPSA) is 15.3 Å². The summed E-state index contributed by atoms with van der Waals surface area (Å²) in [6.07, 6.45) is 0. The summed E-state index contributed by atoms with van der Waals surface area (Å²) in [6, 6.07) is 8.69. The Labute approximate surface area is 112 Å². The number of rotatable bonds is 7. The molecular formula is C16H28N2. The highest BCUT2D eigenvalue weighted by molar-refractivity contribution is 5.53. The van der Waals surface area contributed by atoms with E-state index in [2.05, 4.69) is 69.2 Å². The average molecular weight is 248 g/mol. The fourth-order valence-corrected chi connectivity index (χ4v) is 2.17. The van der Waals surface area contributed by atoms with Gasteiger partial charge >= 0.3 is 0 Å². The molecule has 0 heterocycles. The highest BCUT2D eigenvalue weighted by atomic mass is 15.1. The van der Waals surface area contributed by atoms with Crippen LogP contribution < -0.4 is 10.2 Å². The second-order valence-electron chi connectivity index (χ2n) is 5.93. The Bertz CT molecular complexity index is 345. The number of benzene rings is 1. The van der Waals surface area contributed by atoms with Gasteiger partial charge in [-0.15, -0.1) is 0 Å². The van der Waals surface area contributed by atoms with Crippen LogP contribution in [0.5, 0.6) is 0 Å². The predicted molar refractivity (Wildman–Crippen MR) is 81.1 cm³/mol. The second-order valence-corrected chi connectivity index (χ2v) is 5.93. The Kier molecular flexibility index (Phi) is 6.20. The Morgan fingerprint density at radius 1 is 1.06 bits per heavy atom. The maximum atomic E-state index is 3.52. The lowest BCUT2D eigenvalue weighted by Gasteiger charge is -2.24. The molecule has 1 aromatic rings. The summed E-state index contributed by atoms with van der Waals surface area (Å²) in [5.74, 6) is 1.39. The second kappa shape index (κ2) is 7.42. The summed E-state index contributed by atoms with van der Waals surface area (Å²) in [7, 11) is 2.18. The summed E-state index contributed by atoms with van der Waals surface area (Å²) in [5.41, 5.74) is 2.74. The maximum absolute atomic E-state index is 3.52. The molecule has 0 bridgehead atoms. The normalized spacial score (nSPS) is 11.3. The maximum Gasteiger partial charge on any atom is 0.0409 e. The summed E-state index contributed by atoms with van der Waals surface area (Å²) in [5, 5.41) is 3.52. The minimum Gasteiger partial charge on any atom is -0.374 e. The first-order chi connectivity index (χ1) is 8.50. The third-order valence-corrected chi connectivity index (χ3v) is 2.91. The Morgan fingerprint density at radius 3 is 2.33 bits per heavy atom. The van der Waals surface area contributed by atoms with Gasteiger partial charge in [0.25, 0.3) is 0 Å². The molecule has 2 nitrogen and oxygen atoms in total. The molecule has 1 N–H and O–H groups in total. The lowest BCUT2D eigenvalue weighted by Crippen LogP contribution is -2.25. The molecule has 0 aliphatic heterocycles. The van der Waals surface area contributed by atoms with Crippen molar-refractivity contribution in [1.82, 2.24) is 5.32 Å². The van der Waals surface area contributed by atoms with Crippen LogP contribution in [0.3, 0.4) is 0 Å². The van der Waals surface area contributed by atoms with Gasteiger partial charge in [0, 0.05) is 25.8 Å². The minimum absolute atomic E-state index is 0.687. The van der Waals surface area contributed by atoms with Gasteiger partial charge < -0.3 is 10.2 Å². The van der Waals surface area contributed by atoms with Crippen LogP contribution in [-0.2, 0) is 6.54 Å². The zero-order chi connectivity index (χ0) is 13.5. The van der Waals surface area contributed by atoms with Gasteiger partial charge in [-0.3, -0.25) is 0 Å². The van der Waals surface area contributed by atoms with Gasteiger partial charge in [-0.25, -0.2) is 0 Å². The van der Waals surface area contributed by atoms with E-state index in [1.54, 1.807) is 0 Å². The van der Waals surface area contributed by atoms with Crippen LogP contribution in [0.1, 0.15) is 33.3 Å². The fourth-order valence-electron chi connectivity index (χ4n) is 2.17. The van der Waals surface area contributed by atoms with E-state index >= 15 is 0 Å². The first-order valence-corrected chi connectivity index (χ1v) is 7.00. The van der Waals surface area contributed by atoms with Crippen molar-refractivity contribution in [2.45, 2.75) is 34.2 Å². The van der Waals surface area contributed by atoms with E-state index in [0.717, 1.165) is 19.6 Å². The number of nitrogens with one attached hydrogen (secondary N) is 1. The van der Waals surface area contributed by atoms with Crippen LogP contribution >= 0.6 is 0 Å². The van der Waals surface area contributed by atoms with Gasteiger partial charge in [-0.2, -0.15) is 0 Å². The van der Waals surface area contributed by atoms with Crippen molar-refractivity contribution in [3.8, 4) is 0 Å². The van der Waals surface area contributed by atoms with Crippen molar-refractivity contribution in [2.75, 3.05) is 25.0 Å². The number of anilines is 1. The molecule has 2 heteroatoms. The van der Waals surface area contributed by atoms with Gasteiger partial charge in [-0.1, -0.05) is 45.9 Å². The van der Waals surface area contributed by atoms with Gasteiger partial charge in [0.2, 0.25) is 0 Å². The molecule has 0 spiro atoms. The molecule has 0 saturated heterocycles. The number of para-hydroxylation sites is 1. The van der Waals surface area contributed by atoms with E-state index in [9.17, 15) is 0 Å². The minimum atomic E-state index is 0.687. The van der Waals surface area contributed by atoms with Crippen molar-refractivity contribution in [1.29, 1.82) is 0 Å². The Balaban J connectivity index is 2.66. The molecule has 0 aromatic heterocycles. The van der Waals surface area contributed by atoms with Gasteiger partial charge in [-0.05, 0) is 30.0 Å². The number of nitrogens with zero attached hydrogens (tertiary/aromatic N) is 1. The van der Waals surface area contributed by atoms with Gasteiger partial charge in [0.1, 0.15) is 0 Å². The summed E-state index contributed by atoms with van der Waals surface area (Å²) >= 11 is 0. The van der Waals surface area contributed by atoms with Crippen molar-refractivity contribution >= 4 is 5.69 Å². The van der Waals surface area contributed by atoms with E-state index in [-0.39, 0.29) is 0 Å². The van der Waals surface area contributed by atoms with Crippen molar-refractivity contribution < 1.29 is 0 Å². The molecule has 0 radical (unpaired) electrons. The highest BCUT2D eigenvalue weighted by Gasteiger charge is 2.08. The fraction of sp³-hybridized carbons (Fsp3) is 0.625. The van der Waals surface area contributed by atoms with E-state index < -0.39 is 0 Å². The summed E-state index contributed by atoms with van der Waals surface area (Å²) < 4.78 is 0. The largest absolute Gasteiger partial charge is 0.374 e. The van der Waals surface area contributed by atoms with Gasteiger partial charge in [0.15, 0.2) is 0 Å². The van der Waals surface area contributed by atoms with E-state index in [0.29, 0.717) is 11.8 Å². The molecule has 1 rings (SSSR count). The standard InChI is InChI=1S/C16H28N2/c1-13(2)10-17-11-15-8-6-7-9-16(15)18(5)12-14(3)4/h6-9,13-14,17H,10-12H2,1-5H3. The zero-order valence-electron chi connectivity index (χ0n) is 12.5. The monoisotopic (exact) mass is 248 g/mol. The van der Waals surface area contributed by atoms with E-state index in [1.807, 2.05) is 0 Å². The lowest BCUT2D eigenvalue weighted by molar-refractivity contribution is 0.551. The Morgan fingerprint density at radius 2 is 1.72 bits per heavy atom. The van der Waals surface area contributed by atoms with E-state index in [4.69, 9.17) is 0 Å². The first-order valence-electron chi connectivity index (χ1n) is 7.00. The molecule has 0 fully saturated rings. The molecule has 0 unspecified atom stereocenters. The predicted octanol–water partition coefficient (Wildman–Crippen LogP) is 3.52. The smallest absolute Gasteiger partial charge is 0.0409 e. The van der Waals surface area contributed by atoms with Crippen molar-refractivity contribution in [2.24, 2.45) is 11.8 Å². The summed E-state index contributed by atoms with van der Waals surface area (Å²) in [4.78, 5) is 2.36. The molecule has 0 atom stereocenters. The van der Waals surface area contributed by atoms with E-state index in [1.165, 1.54) is 11.3 Å². The average Bonchev–Trinajstić information content (AvgIpc) is 2.28. The summed E-state index contributed by atoms with van der Waals surface area (Å²) in [6.45, 7) is 12.1. The highest BCUT2D eigenvalue weighted by Crippen LogP contribution is 2.20. The molecule has 0 saturated carbocycles. The molecule has 0 aliphatic carbocycles.